The quantitative estimate of drug-likeness (QED) is 0.850. The Morgan fingerprint density at radius 2 is 1.86 bits per heavy atom. The summed E-state index contributed by atoms with van der Waals surface area (Å²) in [7, 11) is 4.37. The minimum atomic E-state index is 0.534. The molecule has 2 aliphatic rings. The third kappa shape index (κ3) is 3.52. The maximum Gasteiger partial charge on any atom is 0.132 e. The van der Waals surface area contributed by atoms with Gasteiger partial charge < -0.3 is 14.5 Å². The largest absolute Gasteiger partial charge is 0.381 e. The monoisotopic (exact) mass is 290 g/mol. The van der Waals surface area contributed by atoms with Crippen LogP contribution < -0.4 is 4.90 Å². The van der Waals surface area contributed by atoms with Crippen LogP contribution in [0.5, 0.6) is 0 Å². The molecule has 1 aromatic rings. The Bertz CT molecular complexity index is 453. The molecule has 0 aromatic carbocycles. The summed E-state index contributed by atoms with van der Waals surface area (Å²) in [6, 6.07) is 2.78. The third-order valence-electron chi connectivity index (χ3n) is 4.91. The van der Waals surface area contributed by atoms with E-state index in [-0.39, 0.29) is 0 Å². The van der Waals surface area contributed by atoms with Gasteiger partial charge in [-0.2, -0.15) is 0 Å². The average molecular weight is 290 g/mol. The van der Waals surface area contributed by atoms with Gasteiger partial charge in [0.1, 0.15) is 12.1 Å². The number of aromatic nitrogens is 2. The molecule has 0 saturated carbocycles. The Morgan fingerprint density at radius 3 is 2.57 bits per heavy atom. The van der Waals surface area contributed by atoms with Gasteiger partial charge in [0.15, 0.2) is 0 Å². The Labute approximate surface area is 127 Å². The molecule has 1 aromatic heterocycles. The lowest BCUT2D eigenvalue weighted by Gasteiger charge is -2.36. The molecule has 0 bridgehead atoms. The zero-order valence-electron chi connectivity index (χ0n) is 13.2. The normalized spacial score (nSPS) is 22.4. The van der Waals surface area contributed by atoms with Gasteiger partial charge in [-0.25, -0.2) is 9.97 Å². The zero-order valence-corrected chi connectivity index (χ0v) is 13.2. The first-order chi connectivity index (χ1) is 10.2. The summed E-state index contributed by atoms with van der Waals surface area (Å²) in [6.07, 6.45) is 6.31. The molecule has 5 heteroatoms. The van der Waals surface area contributed by atoms with Gasteiger partial charge in [-0.15, -0.1) is 0 Å². The van der Waals surface area contributed by atoms with Gasteiger partial charge in [0, 0.05) is 44.0 Å². The van der Waals surface area contributed by atoms with Crippen LogP contribution in [0.25, 0.3) is 0 Å². The van der Waals surface area contributed by atoms with Gasteiger partial charge in [-0.05, 0) is 45.8 Å². The summed E-state index contributed by atoms with van der Waals surface area (Å²) in [4.78, 5) is 13.7. The first-order valence-corrected chi connectivity index (χ1v) is 8.05. The molecular formula is C16H26N4O. The molecule has 2 aliphatic heterocycles. The van der Waals surface area contributed by atoms with Crippen molar-refractivity contribution in [1.29, 1.82) is 0 Å². The minimum absolute atomic E-state index is 0.534. The van der Waals surface area contributed by atoms with Gasteiger partial charge in [0.2, 0.25) is 0 Å². The number of anilines is 1. The standard InChI is InChI=1S/C16H26N4O/c1-19-7-3-14(4-8-19)20(2)16-11-15(17-12-18-16)13-5-9-21-10-6-13/h11-14H,3-10H2,1-2H3. The molecule has 0 spiro atoms. The van der Waals surface area contributed by atoms with Crippen LogP contribution in [0.1, 0.15) is 37.3 Å². The predicted molar refractivity (Wildman–Crippen MR) is 83.7 cm³/mol. The van der Waals surface area contributed by atoms with Crippen molar-refractivity contribution in [2.75, 3.05) is 45.3 Å². The number of nitrogens with zero attached hydrogens (tertiary/aromatic N) is 4. The van der Waals surface area contributed by atoms with Crippen LogP contribution in [0.15, 0.2) is 12.4 Å². The lowest BCUT2D eigenvalue weighted by atomic mass is 9.96. The van der Waals surface area contributed by atoms with Crippen LogP contribution in [-0.4, -0.2) is 61.3 Å². The van der Waals surface area contributed by atoms with Gasteiger partial charge in [-0.3, -0.25) is 0 Å². The summed E-state index contributed by atoms with van der Waals surface area (Å²) >= 11 is 0. The van der Waals surface area contributed by atoms with Gasteiger partial charge >= 0.3 is 0 Å². The van der Waals surface area contributed by atoms with Crippen molar-refractivity contribution in [3.8, 4) is 0 Å². The summed E-state index contributed by atoms with van der Waals surface area (Å²) in [5, 5.41) is 0. The third-order valence-corrected chi connectivity index (χ3v) is 4.91. The number of hydrogen-bond acceptors (Lipinski definition) is 5. The molecule has 3 rings (SSSR count). The molecule has 0 N–H and O–H groups in total. The van der Waals surface area contributed by atoms with E-state index >= 15 is 0 Å². The molecule has 3 heterocycles. The highest BCUT2D eigenvalue weighted by Gasteiger charge is 2.23. The fourth-order valence-electron chi connectivity index (χ4n) is 3.34. The van der Waals surface area contributed by atoms with Gasteiger partial charge in [0.25, 0.3) is 0 Å². The predicted octanol–water partition coefficient (Wildman–Crippen LogP) is 1.90. The number of piperidine rings is 1. The lowest BCUT2D eigenvalue weighted by Crippen LogP contribution is -2.42. The number of rotatable bonds is 3. The molecule has 2 saturated heterocycles. The number of hydrogen-bond donors (Lipinski definition) is 0. The smallest absolute Gasteiger partial charge is 0.132 e. The molecule has 0 unspecified atom stereocenters. The van der Waals surface area contributed by atoms with Crippen molar-refractivity contribution in [2.45, 2.75) is 37.6 Å². The Hall–Kier alpha value is -1.20. The highest BCUT2D eigenvalue weighted by atomic mass is 16.5. The van der Waals surface area contributed by atoms with Crippen molar-refractivity contribution >= 4 is 5.82 Å². The van der Waals surface area contributed by atoms with E-state index in [9.17, 15) is 0 Å². The van der Waals surface area contributed by atoms with Gasteiger partial charge in [-0.1, -0.05) is 0 Å². The van der Waals surface area contributed by atoms with Crippen LogP contribution in [0.3, 0.4) is 0 Å². The molecule has 0 atom stereocenters. The second kappa shape index (κ2) is 6.71. The molecular weight excluding hydrogens is 264 g/mol. The summed E-state index contributed by atoms with van der Waals surface area (Å²) in [5.74, 6) is 1.60. The van der Waals surface area contributed by atoms with Crippen molar-refractivity contribution in [3.05, 3.63) is 18.1 Å². The minimum Gasteiger partial charge on any atom is -0.381 e. The summed E-state index contributed by atoms with van der Waals surface area (Å²) in [6.45, 7) is 4.06. The Balaban J connectivity index is 1.69. The molecule has 116 valence electrons. The van der Waals surface area contributed by atoms with E-state index in [0.717, 1.165) is 31.9 Å². The summed E-state index contributed by atoms with van der Waals surface area (Å²) in [5.41, 5.74) is 1.18. The number of likely N-dealkylation sites (tertiary alicyclic amines) is 1. The van der Waals surface area contributed by atoms with Crippen LogP contribution in [0, 0.1) is 0 Å². The molecule has 21 heavy (non-hydrogen) atoms. The molecule has 2 fully saturated rings. The maximum atomic E-state index is 5.45. The molecule has 0 aliphatic carbocycles. The summed E-state index contributed by atoms with van der Waals surface area (Å²) < 4.78 is 5.45. The fourth-order valence-corrected chi connectivity index (χ4v) is 3.34. The topological polar surface area (TPSA) is 41.5 Å². The number of ether oxygens (including phenoxy) is 1. The van der Waals surface area contributed by atoms with Gasteiger partial charge in [0.05, 0.1) is 0 Å². The maximum absolute atomic E-state index is 5.45. The van der Waals surface area contributed by atoms with Crippen LogP contribution in [0.4, 0.5) is 5.82 Å². The van der Waals surface area contributed by atoms with E-state index < -0.39 is 0 Å². The van der Waals surface area contributed by atoms with E-state index in [0.29, 0.717) is 12.0 Å². The second-order valence-corrected chi connectivity index (χ2v) is 6.33. The van der Waals surface area contributed by atoms with E-state index in [1.807, 2.05) is 0 Å². The van der Waals surface area contributed by atoms with Crippen LogP contribution >= 0.6 is 0 Å². The first kappa shape index (κ1) is 14.7. The molecule has 0 amide bonds. The average Bonchev–Trinajstić information content (AvgIpc) is 2.56. The van der Waals surface area contributed by atoms with E-state index in [2.05, 4.69) is 39.9 Å². The second-order valence-electron chi connectivity index (χ2n) is 6.33. The van der Waals surface area contributed by atoms with E-state index in [1.165, 1.54) is 31.6 Å². The first-order valence-electron chi connectivity index (χ1n) is 8.05. The highest BCUT2D eigenvalue weighted by molar-refractivity contribution is 5.40. The Kier molecular flexibility index (Phi) is 4.70. The van der Waals surface area contributed by atoms with E-state index in [4.69, 9.17) is 4.74 Å². The fraction of sp³-hybridized carbons (Fsp3) is 0.750. The Morgan fingerprint density at radius 1 is 1.14 bits per heavy atom. The molecule has 5 nitrogen and oxygen atoms in total. The van der Waals surface area contributed by atoms with Crippen molar-refractivity contribution < 1.29 is 4.74 Å². The van der Waals surface area contributed by atoms with Crippen molar-refractivity contribution in [2.24, 2.45) is 0 Å². The highest BCUT2D eigenvalue weighted by Crippen LogP contribution is 2.28. The van der Waals surface area contributed by atoms with Crippen LogP contribution in [0.2, 0.25) is 0 Å². The van der Waals surface area contributed by atoms with Crippen molar-refractivity contribution in [3.63, 3.8) is 0 Å². The zero-order chi connectivity index (χ0) is 14.7. The lowest BCUT2D eigenvalue weighted by molar-refractivity contribution is 0.0845. The van der Waals surface area contributed by atoms with E-state index in [1.54, 1.807) is 6.33 Å². The molecule has 0 radical (unpaired) electrons. The van der Waals surface area contributed by atoms with Crippen molar-refractivity contribution in [1.82, 2.24) is 14.9 Å². The SMILES string of the molecule is CN1CCC(N(C)c2cc(C3CCOCC3)ncn2)CC1. The van der Waals surface area contributed by atoms with Crippen LogP contribution in [-0.2, 0) is 4.74 Å².